The van der Waals surface area contributed by atoms with Gasteiger partial charge in [0.2, 0.25) is 0 Å². The summed E-state index contributed by atoms with van der Waals surface area (Å²) >= 11 is 1.02. The first-order valence-corrected chi connectivity index (χ1v) is 8.85. The molecule has 0 aliphatic heterocycles. The molecule has 22 heavy (non-hydrogen) atoms. The van der Waals surface area contributed by atoms with Gasteiger partial charge in [0.25, 0.3) is 10.0 Å². The third-order valence-electron chi connectivity index (χ3n) is 3.06. The third kappa shape index (κ3) is 4.61. The molecule has 0 amide bonds. The molecule has 0 aliphatic rings. The van der Waals surface area contributed by atoms with Gasteiger partial charge in [-0.25, -0.2) is 4.83 Å². The van der Waals surface area contributed by atoms with Crippen molar-refractivity contribution in [3.05, 3.63) is 39.3 Å². The van der Waals surface area contributed by atoms with Gasteiger partial charge in [-0.05, 0) is 63.1 Å². The van der Waals surface area contributed by atoms with E-state index in [4.69, 9.17) is 5.26 Å². The summed E-state index contributed by atoms with van der Waals surface area (Å²) in [5.41, 5.74) is 3.11. The highest BCUT2D eigenvalue weighted by molar-refractivity contribution is 8.07. The van der Waals surface area contributed by atoms with Gasteiger partial charge in [-0.15, -0.1) is 0 Å². The highest BCUT2D eigenvalue weighted by Crippen LogP contribution is 2.21. The van der Waals surface area contributed by atoms with Crippen molar-refractivity contribution in [2.24, 2.45) is 5.10 Å². The van der Waals surface area contributed by atoms with Gasteiger partial charge in [-0.2, -0.15) is 18.8 Å². The van der Waals surface area contributed by atoms with Crippen molar-refractivity contribution in [2.75, 3.05) is 0 Å². The van der Waals surface area contributed by atoms with Gasteiger partial charge < -0.3 is 0 Å². The summed E-state index contributed by atoms with van der Waals surface area (Å²) in [7, 11) is -3.71. The number of hydrazone groups is 1. The lowest BCUT2D eigenvalue weighted by atomic mass is 10.1. The molecule has 0 bridgehead atoms. The molecule has 0 aromatic heterocycles. The molecule has 0 saturated heterocycles. The molecule has 0 aliphatic carbocycles. The molecular weight excluding hydrogens is 318 g/mol. The number of thioether (sulfide) groups is 1. The van der Waals surface area contributed by atoms with Crippen LogP contribution in [-0.2, 0) is 10.0 Å². The maximum absolute atomic E-state index is 12.4. The van der Waals surface area contributed by atoms with Crippen LogP contribution in [0.1, 0.15) is 30.5 Å². The SMILES string of the molecule is CC(/C=N/NS(=O)(=O)c1c(C)cc(C)cc1C)=C(\C)SC#N. The van der Waals surface area contributed by atoms with Crippen LogP contribution in [0.2, 0.25) is 0 Å². The van der Waals surface area contributed by atoms with Crippen molar-refractivity contribution in [3.63, 3.8) is 0 Å². The topological polar surface area (TPSA) is 82.3 Å². The Kier molecular flexibility index (Phi) is 6.21. The number of allylic oxidation sites excluding steroid dienone is 2. The second-order valence-electron chi connectivity index (χ2n) is 5.01. The first-order valence-electron chi connectivity index (χ1n) is 6.55. The average Bonchev–Trinajstić information content (AvgIpc) is 2.36. The normalized spacial score (nSPS) is 12.9. The molecule has 1 N–H and O–H groups in total. The number of thiocyanates is 1. The van der Waals surface area contributed by atoms with Crippen LogP contribution in [0.5, 0.6) is 0 Å². The number of sulfonamides is 1. The van der Waals surface area contributed by atoms with Crippen molar-refractivity contribution in [2.45, 2.75) is 39.5 Å². The van der Waals surface area contributed by atoms with E-state index in [0.29, 0.717) is 11.1 Å². The first-order chi connectivity index (χ1) is 10.2. The first kappa shape index (κ1) is 18.3. The number of benzene rings is 1. The molecule has 1 rings (SSSR count). The van der Waals surface area contributed by atoms with Crippen LogP contribution in [0.15, 0.2) is 32.6 Å². The largest absolute Gasteiger partial charge is 0.277 e. The Hall–Kier alpha value is -1.78. The second-order valence-corrected chi connectivity index (χ2v) is 7.61. The lowest BCUT2D eigenvalue weighted by molar-refractivity contribution is 0.583. The number of aryl methyl sites for hydroxylation is 3. The van der Waals surface area contributed by atoms with Crippen LogP contribution < -0.4 is 4.83 Å². The molecule has 0 atom stereocenters. The monoisotopic (exact) mass is 337 g/mol. The molecule has 7 heteroatoms. The zero-order valence-corrected chi connectivity index (χ0v) is 14.9. The highest BCUT2D eigenvalue weighted by Gasteiger charge is 2.19. The molecule has 5 nitrogen and oxygen atoms in total. The molecule has 0 spiro atoms. The summed E-state index contributed by atoms with van der Waals surface area (Å²) in [4.78, 5) is 3.24. The molecule has 0 saturated carbocycles. The van der Waals surface area contributed by atoms with Gasteiger partial charge in [0.15, 0.2) is 0 Å². The summed E-state index contributed by atoms with van der Waals surface area (Å²) in [6, 6.07) is 3.65. The second kappa shape index (κ2) is 7.47. The van der Waals surface area contributed by atoms with E-state index in [-0.39, 0.29) is 4.90 Å². The van der Waals surface area contributed by atoms with E-state index in [0.717, 1.165) is 27.8 Å². The summed E-state index contributed by atoms with van der Waals surface area (Å²) in [5.74, 6) is 0. The summed E-state index contributed by atoms with van der Waals surface area (Å²) in [6.45, 7) is 8.98. The van der Waals surface area contributed by atoms with Gasteiger partial charge >= 0.3 is 0 Å². The van der Waals surface area contributed by atoms with Crippen molar-refractivity contribution >= 4 is 28.0 Å². The highest BCUT2D eigenvalue weighted by atomic mass is 32.2. The van der Waals surface area contributed by atoms with E-state index in [9.17, 15) is 8.42 Å². The number of nitrogens with one attached hydrogen (secondary N) is 1. The Morgan fingerprint density at radius 2 is 1.82 bits per heavy atom. The number of rotatable bonds is 5. The predicted molar refractivity (Wildman–Crippen MR) is 91.0 cm³/mol. The Labute approximate surface area is 136 Å². The fraction of sp³-hybridized carbons (Fsp3) is 0.333. The number of hydrogen-bond donors (Lipinski definition) is 1. The zero-order valence-electron chi connectivity index (χ0n) is 13.3. The Morgan fingerprint density at radius 3 is 2.32 bits per heavy atom. The molecule has 0 unspecified atom stereocenters. The van der Waals surface area contributed by atoms with Crippen molar-refractivity contribution in [3.8, 4) is 5.40 Å². The standard InChI is InChI=1S/C15H19N3O2S2/c1-10-6-11(2)15(12(3)7-10)22(19,20)18-17-8-13(4)14(5)21-9-16/h6-8,18H,1-5H3/b14-13-,17-8+. The number of nitriles is 1. The number of hydrogen-bond acceptors (Lipinski definition) is 5. The van der Waals surface area contributed by atoms with Crippen LogP contribution in [0, 0.1) is 31.4 Å². The summed E-state index contributed by atoms with van der Waals surface area (Å²) in [6.07, 6.45) is 1.40. The van der Waals surface area contributed by atoms with Gasteiger partial charge in [0.05, 0.1) is 11.1 Å². The fourth-order valence-corrected chi connectivity index (χ4v) is 3.67. The van der Waals surface area contributed by atoms with Gasteiger partial charge in [-0.1, -0.05) is 17.7 Å². The summed E-state index contributed by atoms with van der Waals surface area (Å²) < 4.78 is 24.7. The molecule has 0 fully saturated rings. The van der Waals surface area contributed by atoms with Crippen LogP contribution in [0.4, 0.5) is 0 Å². The zero-order chi connectivity index (χ0) is 16.9. The third-order valence-corrected chi connectivity index (χ3v) is 5.31. The quantitative estimate of drug-likeness (QED) is 0.507. The van der Waals surface area contributed by atoms with Crippen LogP contribution in [0.25, 0.3) is 0 Å². The van der Waals surface area contributed by atoms with Crippen LogP contribution in [-0.4, -0.2) is 14.6 Å². The van der Waals surface area contributed by atoms with Gasteiger partial charge in [0, 0.05) is 4.91 Å². The van der Waals surface area contributed by atoms with E-state index in [2.05, 4.69) is 9.93 Å². The molecule has 1 aromatic carbocycles. The smallest absolute Gasteiger partial charge is 0.200 e. The molecular formula is C15H19N3O2S2. The Balaban J connectivity index is 3.05. The van der Waals surface area contributed by atoms with E-state index in [1.54, 1.807) is 27.7 Å². The minimum atomic E-state index is -3.71. The van der Waals surface area contributed by atoms with Crippen LogP contribution >= 0.6 is 11.8 Å². The van der Waals surface area contributed by atoms with Crippen LogP contribution in [0.3, 0.4) is 0 Å². The maximum Gasteiger partial charge on any atom is 0.277 e. The molecule has 0 radical (unpaired) electrons. The number of nitrogens with zero attached hydrogens (tertiary/aromatic N) is 2. The average molecular weight is 337 g/mol. The minimum absolute atomic E-state index is 0.250. The van der Waals surface area contributed by atoms with E-state index in [1.165, 1.54) is 6.21 Å². The lowest BCUT2D eigenvalue weighted by Crippen LogP contribution is -2.20. The summed E-state index contributed by atoms with van der Waals surface area (Å²) in [5, 5.41) is 14.3. The Bertz CT molecular complexity index is 749. The van der Waals surface area contributed by atoms with Crippen molar-refractivity contribution in [1.82, 2.24) is 4.83 Å². The lowest BCUT2D eigenvalue weighted by Gasteiger charge is -2.11. The van der Waals surface area contributed by atoms with E-state index in [1.807, 2.05) is 24.5 Å². The maximum atomic E-state index is 12.4. The molecule has 1 aromatic rings. The van der Waals surface area contributed by atoms with Crippen molar-refractivity contribution < 1.29 is 8.42 Å². The van der Waals surface area contributed by atoms with Gasteiger partial charge in [0.1, 0.15) is 5.40 Å². The minimum Gasteiger partial charge on any atom is -0.200 e. The Morgan fingerprint density at radius 1 is 1.27 bits per heavy atom. The van der Waals surface area contributed by atoms with E-state index < -0.39 is 10.0 Å². The fourth-order valence-electron chi connectivity index (χ4n) is 2.07. The predicted octanol–water partition coefficient (Wildman–Crippen LogP) is 3.38. The van der Waals surface area contributed by atoms with E-state index >= 15 is 0 Å². The van der Waals surface area contributed by atoms with Crippen molar-refractivity contribution in [1.29, 1.82) is 5.26 Å². The molecule has 0 heterocycles. The van der Waals surface area contributed by atoms with Gasteiger partial charge in [-0.3, -0.25) is 0 Å². The molecule has 118 valence electrons.